The summed E-state index contributed by atoms with van der Waals surface area (Å²) in [6.07, 6.45) is 3.37. The van der Waals surface area contributed by atoms with Crippen LogP contribution in [0.5, 0.6) is 11.5 Å². The molecule has 1 saturated carbocycles. The summed E-state index contributed by atoms with van der Waals surface area (Å²) in [7, 11) is 3.14. The first-order chi connectivity index (χ1) is 13.0. The van der Waals surface area contributed by atoms with Crippen molar-refractivity contribution < 1.29 is 23.6 Å². The summed E-state index contributed by atoms with van der Waals surface area (Å²) >= 11 is 0. The van der Waals surface area contributed by atoms with Crippen LogP contribution in [0, 0.1) is 0 Å². The van der Waals surface area contributed by atoms with Gasteiger partial charge in [-0.15, -0.1) is 0 Å². The van der Waals surface area contributed by atoms with Gasteiger partial charge in [-0.2, -0.15) is 4.98 Å². The summed E-state index contributed by atoms with van der Waals surface area (Å²) < 4.78 is 15.4. The van der Waals surface area contributed by atoms with E-state index in [1.165, 1.54) is 0 Å². The highest BCUT2D eigenvalue weighted by molar-refractivity contribution is 5.89. The molecular formula is C18H22N4O5. The highest BCUT2D eigenvalue weighted by Gasteiger charge is 2.43. The second-order valence-electron chi connectivity index (χ2n) is 6.42. The highest BCUT2D eigenvalue weighted by atomic mass is 16.5. The van der Waals surface area contributed by atoms with Crippen LogP contribution in [0.1, 0.15) is 47.8 Å². The molecule has 3 rings (SSSR count). The lowest BCUT2D eigenvalue weighted by molar-refractivity contribution is -0.126. The number of carbonyl (C=O) groups excluding carboxylic acids is 2. The molecule has 27 heavy (non-hydrogen) atoms. The number of hydrogen-bond acceptors (Lipinski definition) is 7. The van der Waals surface area contributed by atoms with Crippen molar-refractivity contribution in [1.82, 2.24) is 15.5 Å². The van der Waals surface area contributed by atoms with Crippen molar-refractivity contribution in [2.75, 3.05) is 14.2 Å². The van der Waals surface area contributed by atoms with Gasteiger partial charge in [0.05, 0.1) is 26.2 Å². The molecule has 1 aliphatic carbocycles. The number of aromatic nitrogens is 2. The lowest BCUT2D eigenvalue weighted by Gasteiger charge is -2.28. The van der Waals surface area contributed by atoms with E-state index in [1.54, 1.807) is 20.3 Å². The van der Waals surface area contributed by atoms with Crippen molar-refractivity contribution in [3.63, 3.8) is 0 Å². The molecule has 3 N–H and O–H groups in total. The Morgan fingerprint density at radius 3 is 2.52 bits per heavy atom. The number of carbonyl (C=O) groups is 2. The molecule has 1 aliphatic rings. The van der Waals surface area contributed by atoms with Crippen LogP contribution in [-0.4, -0.2) is 36.2 Å². The number of rotatable bonds is 7. The smallest absolute Gasteiger partial charge is 0.315 e. The SMILES string of the molecule is COc1ccc(C2(C(=O)NCc3noc(C(N)=O)n3)CCCC2)cc1OC. The second-order valence-corrected chi connectivity index (χ2v) is 6.42. The van der Waals surface area contributed by atoms with E-state index in [-0.39, 0.29) is 24.2 Å². The molecule has 0 aliphatic heterocycles. The molecule has 144 valence electrons. The van der Waals surface area contributed by atoms with E-state index >= 15 is 0 Å². The molecular weight excluding hydrogens is 352 g/mol. The molecule has 0 unspecified atom stereocenters. The average Bonchev–Trinajstić information content (AvgIpc) is 3.36. The van der Waals surface area contributed by atoms with Crippen LogP contribution in [0.15, 0.2) is 22.7 Å². The summed E-state index contributed by atoms with van der Waals surface area (Å²) in [6, 6.07) is 5.55. The van der Waals surface area contributed by atoms with Crippen molar-refractivity contribution in [2.24, 2.45) is 5.73 Å². The van der Waals surface area contributed by atoms with Crippen molar-refractivity contribution >= 4 is 11.8 Å². The van der Waals surface area contributed by atoms with Gasteiger partial charge in [-0.3, -0.25) is 9.59 Å². The van der Waals surface area contributed by atoms with E-state index in [9.17, 15) is 9.59 Å². The zero-order valence-corrected chi connectivity index (χ0v) is 15.3. The van der Waals surface area contributed by atoms with Crippen molar-refractivity contribution in [3.05, 3.63) is 35.5 Å². The minimum absolute atomic E-state index is 0.0463. The van der Waals surface area contributed by atoms with Crippen molar-refractivity contribution in [2.45, 2.75) is 37.6 Å². The Kier molecular flexibility index (Phi) is 5.29. The first-order valence-corrected chi connectivity index (χ1v) is 8.63. The van der Waals surface area contributed by atoms with Gasteiger partial charge in [0.15, 0.2) is 17.3 Å². The van der Waals surface area contributed by atoms with E-state index in [0.29, 0.717) is 11.5 Å². The lowest BCUT2D eigenvalue weighted by Crippen LogP contribution is -2.42. The number of benzene rings is 1. The number of nitrogens with one attached hydrogen (secondary N) is 1. The fraction of sp³-hybridized carbons (Fsp3) is 0.444. The fourth-order valence-corrected chi connectivity index (χ4v) is 3.51. The third-order valence-electron chi connectivity index (χ3n) is 4.91. The van der Waals surface area contributed by atoms with Crippen molar-refractivity contribution in [3.8, 4) is 11.5 Å². The minimum atomic E-state index is -0.808. The number of nitrogens with zero attached hydrogens (tertiary/aromatic N) is 2. The van der Waals surface area contributed by atoms with Crippen molar-refractivity contribution in [1.29, 1.82) is 0 Å². The van der Waals surface area contributed by atoms with Gasteiger partial charge < -0.3 is 25.0 Å². The molecule has 1 fully saturated rings. The zero-order chi connectivity index (χ0) is 19.4. The largest absolute Gasteiger partial charge is 0.493 e. The van der Waals surface area contributed by atoms with Gasteiger partial charge >= 0.3 is 11.8 Å². The Morgan fingerprint density at radius 2 is 1.93 bits per heavy atom. The summed E-state index contributed by atoms with van der Waals surface area (Å²) in [4.78, 5) is 28.0. The normalized spacial score (nSPS) is 15.3. The Balaban J connectivity index is 1.81. The van der Waals surface area contributed by atoms with Gasteiger partial charge in [-0.25, -0.2) is 0 Å². The predicted molar refractivity (Wildman–Crippen MR) is 94.4 cm³/mol. The molecule has 2 amide bonds. The maximum absolute atomic E-state index is 13.1. The molecule has 9 heteroatoms. The molecule has 2 aromatic rings. The van der Waals surface area contributed by atoms with E-state index in [1.807, 2.05) is 12.1 Å². The van der Waals surface area contributed by atoms with Crippen LogP contribution in [0.2, 0.25) is 0 Å². The first-order valence-electron chi connectivity index (χ1n) is 8.63. The third-order valence-corrected chi connectivity index (χ3v) is 4.91. The van der Waals surface area contributed by atoms with Crippen LogP contribution in [0.3, 0.4) is 0 Å². The molecule has 1 aromatic carbocycles. The molecule has 1 aromatic heterocycles. The standard InChI is InChI=1S/C18H22N4O5/c1-25-12-6-5-11(9-13(12)26-2)18(7-3-4-8-18)17(24)20-10-14-21-16(15(19)23)27-22-14/h5-6,9H,3-4,7-8,10H2,1-2H3,(H2,19,23)(H,20,24). The molecule has 0 saturated heterocycles. The first kappa shape index (κ1) is 18.7. The van der Waals surface area contributed by atoms with E-state index in [2.05, 4.69) is 15.5 Å². The predicted octanol–water partition coefficient (Wildman–Crippen LogP) is 1.31. The Bertz CT molecular complexity index is 842. The Labute approximate surface area is 156 Å². The van der Waals surface area contributed by atoms with E-state index in [0.717, 1.165) is 31.2 Å². The second kappa shape index (κ2) is 7.65. The van der Waals surface area contributed by atoms with Gasteiger partial charge in [0, 0.05) is 0 Å². The third kappa shape index (κ3) is 3.57. The molecule has 0 radical (unpaired) electrons. The fourth-order valence-electron chi connectivity index (χ4n) is 3.51. The number of primary amides is 1. The van der Waals surface area contributed by atoms with Gasteiger partial charge in [0.25, 0.3) is 0 Å². The number of ether oxygens (including phenoxy) is 2. The van der Waals surface area contributed by atoms with Gasteiger partial charge in [-0.1, -0.05) is 24.1 Å². The lowest BCUT2D eigenvalue weighted by atomic mass is 9.77. The summed E-state index contributed by atoms with van der Waals surface area (Å²) in [5.74, 6) is 0.168. The van der Waals surface area contributed by atoms with Crippen LogP contribution in [-0.2, 0) is 16.8 Å². The maximum atomic E-state index is 13.1. The van der Waals surface area contributed by atoms with E-state index in [4.69, 9.17) is 19.7 Å². The van der Waals surface area contributed by atoms with Crippen LogP contribution >= 0.6 is 0 Å². The molecule has 0 bridgehead atoms. The Hall–Kier alpha value is -3.10. The van der Waals surface area contributed by atoms with Crippen LogP contribution < -0.4 is 20.5 Å². The van der Waals surface area contributed by atoms with E-state index < -0.39 is 11.3 Å². The molecule has 0 atom stereocenters. The zero-order valence-electron chi connectivity index (χ0n) is 15.3. The average molecular weight is 374 g/mol. The summed E-state index contributed by atoms with van der Waals surface area (Å²) in [5.41, 5.74) is 5.31. The van der Waals surface area contributed by atoms with Crippen LogP contribution in [0.25, 0.3) is 0 Å². The van der Waals surface area contributed by atoms with Crippen LogP contribution in [0.4, 0.5) is 0 Å². The number of hydrogen-bond donors (Lipinski definition) is 2. The molecule has 9 nitrogen and oxygen atoms in total. The monoisotopic (exact) mass is 374 g/mol. The topological polar surface area (TPSA) is 130 Å². The number of methoxy groups -OCH3 is 2. The highest BCUT2D eigenvalue weighted by Crippen LogP contribution is 2.43. The summed E-state index contributed by atoms with van der Waals surface area (Å²) in [6.45, 7) is 0.0463. The van der Waals surface area contributed by atoms with Gasteiger partial charge in [0.1, 0.15) is 0 Å². The minimum Gasteiger partial charge on any atom is -0.493 e. The Morgan fingerprint density at radius 1 is 1.22 bits per heavy atom. The number of nitrogens with two attached hydrogens (primary N) is 1. The quantitative estimate of drug-likeness (QED) is 0.747. The maximum Gasteiger partial charge on any atom is 0.315 e. The molecule has 1 heterocycles. The van der Waals surface area contributed by atoms with Gasteiger partial charge in [-0.05, 0) is 30.5 Å². The number of amides is 2. The van der Waals surface area contributed by atoms with Gasteiger partial charge in [0.2, 0.25) is 5.91 Å². The summed E-state index contributed by atoms with van der Waals surface area (Å²) in [5, 5.41) is 6.49. The molecule has 0 spiro atoms.